The van der Waals surface area contributed by atoms with Gasteiger partial charge in [-0.15, -0.1) is 23.7 Å². The van der Waals surface area contributed by atoms with Gasteiger partial charge in [-0.1, -0.05) is 11.2 Å². The molecule has 23 heavy (non-hydrogen) atoms. The van der Waals surface area contributed by atoms with Crippen LogP contribution in [-0.2, 0) is 6.54 Å². The highest BCUT2D eigenvalue weighted by molar-refractivity contribution is 7.13. The highest BCUT2D eigenvalue weighted by Gasteiger charge is 2.25. The lowest BCUT2D eigenvalue weighted by molar-refractivity contribution is 0.170. The number of rotatable bonds is 6. The van der Waals surface area contributed by atoms with Gasteiger partial charge >= 0.3 is 0 Å². The molecule has 2 fully saturated rings. The van der Waals surface area contributed by atoms with Gasteiger partial charge < -0.3 is 9.84 Å². The Bertz CT molecular complexity index is 591. The first-order chi connectivity index (χ1) is 10.9. The topological polar surface area (TPSA) is 54.2 Å². The number of nitrogens with zero attached hydrogens (tertiary/aromatic N) is 3. The predicted molar refractivity (Wildman–Crippen MR) is 93.9 cm³/mol. The summed E-state index contributed by atoms with van der Waals surface area (Å²) in [7, 11) is 0. The minimum Gasteiger partial charge on any atom is -0.338 e. The Morgan fingerprint density at radius 1 is 1.26 bits per heavy atom. The largest absolute Gasteiger partial charge is 0.338 e. The summed E-state index contributed by atoms with van der Waals surface area (Å²) in [6, 6.07) is 4.73. The second-order valence-corrected chi connectivity index (χ2v) is 7.34. The third kappa shape index (κ3) is 4.53. The normalized spacial score (nSPS) is 19.7. The molecule has 1 aliphatic carbocycles. The zero-order valence-electron chi connectivity index (χ0n) is 13.1. The summed E-state index contributed by atoms with van der Waals surface area (Å²) in [5, 5.41) is 9.83. The number of thiophene rings is 1. The standard InChI is InChI=1S/C16H22N4OS.ClH/c1-2-14(22-9-1)16-18-15(21-19-16)11-20-7-5-13(6-8-20)17-10-12-3-4-12;/h1-2,9,12-13,17H,3-8,10-11H2;1H. The van der Waals surface area contributed by atoms with Crippen LogP contribution >= 0.6 is 23.7 Å². The maximum Gasteiger partial charge on any atom is 0.241 e. The molecular weight excluding hydrogens is 332 g/mol. The van der Waals surface area contributed by atoms with Crippen LogP contribution in [0, 0.1) is 5.92 Å². The fraction of sp³-hybridized carbons (Fsp3) is 0.625. The average molecular weight is 355 g/mol. The number of aromatic nitrogens is 2. The van der Waals surface area contributed by atoms with Crippen LogP contribution in [0.5, 0.6) is 0 Å². The molecule has 0 amide bonds. The van der Waals surface area contributed by atoms with E-state index in [9.17, 15) is 0 Å². The third-order valence-corrected chi connectivity index (χ3v) is 5.41. The highest BCUT2D eigenvalue weighted by Crippen LogP contribution is 2.28. The summed E-state index contributed by atoms with van der Waals surface area (Å²) >= 11 is 1.64. The van der Waals surface area contributed by atoms with Crippen molar-refractivity contribution in [2.24, 2.45) is 5.92 Å². The predicted octanol–water partition coefficient (Wildman–Crippen LogP) is 3.18. The lowest BCUT2D eigenvalue weighted by Gasteiger charge is -2.31. The fourth-order valence-electron chi connectivity index (χ4n) is 2.97. The number of hydrogen-bond donors (Lipinski definition) is 1. The molecule has 2 aliphatic rings. The van der Waals surface area contributed by atoms with Gasteiger partial charge in [-0.05, 0) is 49.6 Å². The van der Waals surface area contributed by atoms with E-state index in [0.717, 1.165) is 36.3 Å². The summed E-state index contributed by atoms with van der Waals surface area (Å²) in [6.07, 6.45) is 5.29. The molecule has 1 saturated heterocycles. The van der Waals surface area contributed by atoms with Crippen molar-refractivity contribution in [3.05, 3.63) is 23.4 Å². The molecule has 1 N–H and O–H groups in total. The second-order valence-electron chi connectivity index (χ2n) is 6.39. The minimum absolute atomic E-state index is 0. The van der Waals surface area contributed by atoms with Gasteiger partial charge in [-0.2, -0.15) is 4.98 Å². The lowest BCUT2D eigenvalue weighted by atomic mass is 10.0. The molecule has 0 bridgehead atoms. The van der Waals surface area contributed by atoms with Crippen LogP contribution < -0.4 is 5.32 Å². The van der Waals surface area contributed by atoms with E-state index < -0.39 is 0 Å². The molecule has 2 aromatic rings. The third-order valence-electron chi connectivity index (χ3n) is 4.55. The summed E-state index contributed by atoms with van der Waals surface area (Å²) in [6.45, 7) is 4.21. The van der Waals surface area contributed by atoms with E-state index in [-0.39, 0.29) is 12.4 Å². The van der Waals surface area contributed by atoms with Crippen molar-refractivity contribution in [3.63, 3.8) is 0 Å². The van der Waals surface area contributed by atoms with Crippen molar-refractivity contribution in [1.82, 2.24) is 20.4 Å². The molecule has 0 radical (unpaired) electrons. The smallest absolute Gasteiger partial charge is 0.241 e. The van der Waals surface area contributed by atoms with Gasteiger partial charge in [0.15, 0.2) is 0 Å². The summed E-state index contributed by atoms with van der Waals surface area (Å²) in [5.74, 6) is 2.41. The molecule has 0 spiro atoms. The van der Waals surface area contributed by atoms with Crippen LogP contribution in [-0.4, -0.2) is 40.7 Å². The first-order valence-corrected chi connectivity index (χ1v) is 9.07. The number of halogens is 1. The molecule has 1 aliphatic heterocycles. The van der Waals surface area contributed by atoms with Gasteiger partial charge in [-0.3, -0.25) is 4.90 Å². The number of hydrogen-bond acceptors (Lipinski definition) is 6. The van der Waals surface area contributed by atoms with Gasteiger partial charge in [0, 0.05) is 19.1 Å². The highest BCUT2D eigenvalue weighted by atomic mass is 35.5. The van der Waals surface area contributed by atoms with E-state index in [1.807, 2.05) is 17.5 Å². The number of nitrogens with one attached hydrogen (secondary N) is 1. The van der Waals surface area contributed by atoms with Crippen molar-refractivity contribution < 1.29 is 4.52 Å². The van der Waals surface area contributed by atoms with E-state index in [0.29, 0.717) is 11.9 Å². The molecule has 5 nitrogen and oxygen atoms in total. The van der Waals surface area contributed by atoms with E-state index in [1.165, 1.54) is 32.2 Å². The van der Waals surface area contributed by atoms with Crippen molar-refractivity contribution in [2.45, 2.75) is 38.3 Å². The van der Waals surface area contributed by atoms with Gasteiger partial charge in [-0.25, -0.2) is 0 Å². The molecular formula is C16H23ClN4OS. The molecule has 0 aromatic carbocycles. The van der Waals surface area contributed by atoms with Crippen LogP contribution in [0.4, 0.5) is 0 Å². The summed E-state index contributed by atoms with van der Waals surface area (Å²) in [5.41, 5.74) is 0. The first kappa shape index (κ1) is 16.9. The summed E-state index contributed by atoms with van der Waals surface area (Å²) < 4.78 is 5.39. The van der Waals surface area contributed by atoms with Crippen LogP contribution in [0.2, 0.25) is 0 Å². The van der Waals surface area contributed by atoms with Crippen molar-refractivity contribution >= 4 is 23.7 Å². The molecule has 126 valence electrons. The fourth-order valence-corrected chi connectivity index (χ4v) is 3.62. The molecule has 0 atom stereocenters. The summed E-state index contributed by atoms with van der Waals surface area (Å²) in [4.78, 5) is 7.99. The van der Waals surface area contributed by atoms with Crippen LogP contribution in [0.25, 0.3) is 10.7 Å². The Morgan fingerprint density at radius 3 is 2.78 bits per heavy atom. The molecule has 4 rings (SSSR count). The first-order valence-electron chi connectivity index (χ1n) is 8.19. The maximum atomic E-state index is 5.39. The van der Waals surface area contributed by atoms with Crippen molar-refractivity contribution in [2.75, 3.05) is 19.6 Å². The zero-order valence-corrected chi connectivity index (χ0v) is 14.7. The van der Waals surface area contributed by atoms with Crippen LogP contribution in [0.1, 0.15) is 31.6 Å². The Hall–Kier alpha value is -0.950. The molecule has 7 heteroatoms. The Balaban J connectivity index is 0.00000156. The molecule has 1 saturated carbocycles. The molecule has 3 heterocycles. The van der Waals surface area contributed by atoms with Gasteiger partial charge in [0.2, 0.25) is 11.7 Å². The number of piperidine rings is 1. The van der Waals surface area contributed by atoms with Crippen LogP contribution in [0.15, 0.2) is 22.0 Å². The zero-order chi connectivity index (χ0) is 14.8. The SMILES string of the molecule is Cl.c1csc(-c2noc(CN3CCC(NCC4CC4)CC3)n2)c1. The Morgan fingerprint density at radius 2 is 2.09 bits per heavy atom. The van der Waals surface area contributed by atoms with Gasteiger partial charge in [0.25, 0.3) is 0 Å². The van der Waals surface area contributed by atoms with Gasteiger partial charge in [0.1, 0.15) is 0 Å². The molecule has 2 aromatic heterocycles. The van der Waals surface area contributed by atoms with E-state index in [1.54, 1.807) is 11.3 Å². The lowest BCUT2D eigenvalue weighted by Crippen LogP contribution is -2.42. The van der Waals surface area contributed by atoms with E-state index in [4.69, 9.17) is 4.52 Å². The van der Waals surface area contributed by atoms with E-state index in [2.05, 4.69) is 20.4 Å². The second kappa shape index (κ2) is 7.75. The monoisotopic (exact) mass is 354 g/mol. The van der Waals surface area contributed by atoms with Crippen molar-refractivity contribution in [1.29, 1.82) is 0 Å². The maximum absolute atomic E-state index is 5.39. The number of likely N-dealkylation sites (tertiary alicyclic amines) is 1. The minimum atomic E-state index is 0. The average Bonchev–Trinajstić information content (AvgIpc) is 3.01. The molecule has 0 unspecified atom stereocenters. The van der Waals surface area contributed by atoms with Crippen molar-refractivity contribution in [3.8, 4) is 10.7 Å². The quantitative estimate of drug-likeness (QED) is 0.863. The Labute approximate surface area is 146 Å². The van der Waals surface area contributed by atoms with E-state index >= 15 is 0 Å². The van der Waals surface area contributed by atoms with Gasteiger partial charge in [0.05, 0.1) is 11.4 Å². The Kier molecular flexibility index (Phi) is 5.69. The van der Waals surface area contributed by atoms with Crippen LogP contribution in [0.3, 0.4) is 0 Å².